The van der Waals surface area contributed by atoms with Gasteiger partial charge in [-0.05, 0) is 63.1 Å². The summed E-state index contributed by atoms with van der Waals surface area (Å²) in [6.07, 6.45) is 2.83. The zero-order valence-electron chi connectivity index (χ0n) is 17.5. The summed E-state index contributed by atoms with van der Waals surface area (Å²) in [5, 5.41) is 0.548. The van der Waals surface area contributed by atoms with E-state index in [4.69, 9.17) is 22.1 Å². The zero-order valence-corrected chi connectivity index (χ0v) is 18.2. The third kappa shape index (κ3) is 6.53. The van der Waals surface area contributed by atoms with E-state index < -0.39 is 11.4 Å². The van der Waals surface area contributed by atoms with E-state index in [1.807, 2.05) is 39.8 Å². The quantitative estimate of drug-likeness (QED) is 0.685. The van der Waals surface area contributed by atoms with Crippen LogP contribution in [0.25, 0.3) is 5.57 Å². The van der Waals surface area contributed by atoms with Crippen LogP contribution in [0.1, 0.15) is 33.3 Å². The van der Waals surface area contributed by atoms with Crippen LogP contribution in [0.3, 0.4) is 0 Å². The molecule has 2 N–H and O–H groups in total. The Balaban J connectivity index is 2.16. The minimum absolute atomic E-state index is 0.120. The predicted octanol–water partition coefficient (Wildman–Crippen LogP) is 5.13. The average molecular weight is 422 g/mol. The van der Waals surface area contributed by atoms with Crippen LogP contribution >= 0.6 is 11.6 Å². The molecule has 1 saturated heterocycles. The number of halogens is 2. The lowest BCUT2D eigenvalue weighted by molar-refractivity contribution is 0.0240. The Morgan fingerprint density at radius 2 is 1.86 bits per heavy atom. The second-order valence-electron chi connectivity index (χ2n) is 7.91. The summed E-state index contributed by atoms with van der Waals surface area (Å²) >= 11 is 6.33. The SMILES string of the molecule is C=C(N)/C(F)=C\C(=C/C)c1cc(Cl)cc(N2CCN(C(=O)OC(C)(C)C)CC2)c1. The molecule has 0 radical (unpaired) electrons. The van der Waals surface area contributed by atoms with Gasteiger partial charge >= 0.3 is 6.09 Å². The predicted molar refractivity (Wildman–Crippen MR) is 118 cm³/mol. The first-order chi connectivity index (χ1) is 13.5. The number of carbonyl (C=O) groups excluding carboxylic acids is 1. The van der Waals surface area contributed by atoms with E-state index in [9.17, 15) is 9.18 Å². The normalized spacial score (nSPS) is 16.1. The first-order valence-corrected chi connectivity index (χ1v) is 9.90. The number of ether oxygens (including phenoxy) is 1. The van der Waals surface area contributed by atoms with Gasteiger partial charge in [-0.2, -0.15) is 0 Å². The summed E-state index contributed by atoms with van der Waals surface area (Å²) in [7, 11) is 0. The molecule has 0 unspecified atom stereocenters. The Morgan fingerprint density at radius 3 is 2.38 bits per heavy atom. The molecule has 0 aliphatic carbocycles. The van der Waals surface area contributed by atoms with Crippen LogP contribution in [-0.2, 0) is 4.74 Å². The van der Waals surface area contributed by atoms with Crippen molar-refractivity contribution in [1.82, 2.24) is 4.90 Å². The molecule has 158 valence electrons. The maximum Gasteiger partial charge on any atom is 0.410 e. The van der Waals surface area contributed by atoms with E-state index >= 15 is 0 Å². The highest BCUT2D eigenvalue weighted by Crippen LogP contribution is 2.29. The monoisotopic (exact) mass is 421 g/mol. The molecule has 1 amide bonds. The number of amides is 1. The van der Waals surface area contributed by atoms with E-state index in [1.54, 1.807) is 17.0 Å². The molecule has 1 aliphatic heterocycles. The Bertz CT molecular complexity index is 835. The van der Waals surface area contributed by atoms with Crippen molar-refractivity contribution in [2.75, 3.05) is 31.1 Å². The topological polar surface area (TPSA) is 58.8 Å². The highest BCUT2D eigenvalue weighted by atomic mass is 35.5. The molecule has 1 fully saturated rings. The number of rotatable bonds is 4. The van der Waals surface area contributed by atoms with Gasteiger partial charge in [0, 0.05) is 36.9 Å². The van der Waals surface area contributed by atoms with E-state index in [2.05, 4.69) is 11.5 Å². The van der Waals surface area contributed by atoms with Gasteiger partial charge in [-0.3, -0.25) is 0 Å². The maximum absolute atomic E-state index is 13.9. The van der Waals surface area contributed by atoms with Gasteiger partial charge in [0.25, 0.3) is 0 Å². The van der Waals surface area contributed by atoms with Crippen molar-refractivity contribution >= 4 is 29.0 Å². The number of hydrogen-bond donors (Lipinski definition) is 1. The molecule has 2 rings (SSSR count). The van der Waals surface area contributed by atoms with Gasteiger partial charge in [-0.1, -0.05) is 24.3 Å². The Morgan fingerprint density at radius 1 is 1.24 bits per heavy atom. The van der Waals surface area contributed by atoms with Gasteiger partial charge in [0.15, 0.2) is 0 Å². The number of hydrogen-bond acceptors (Lipinski definition) is 4. The summed E-state index contributed by atoms with van der Waals surface area (Å²) in [5.41, 5.74) is 7.14. The largest absolute Gasteiger partial charge is 0.444 e. The minimum atomic E-state index is -0.578. The molecule has 1 aromatic rings. The van der Waals surface area contributed by atoms with Crippen molar-refractivity contribution < 1.29 is 13.9 Å². The Kier molecular flexibility index (Phi) is 7.36. The molecular weight excluding hydrogens is 393 g/mol. The highest BCUT2D eigenvalue weighted by molar-refractivity contribution is 6.31. The fraction of sp³-hybridized carbons (Fsp3) is 0.409. The number of carbonyl (C=O) groups is 1. The number of nitrogens with zero attached hydrogens (tertiary/aromatic N) is 2. The number of anilines is 1. The lowest BCUT2D eigenvalue weighted by atomic mass is 10.0. The van der Waals surface area contributed by atoms with Crippen LogP contribution in [0.15, 0.2) is 48.5 Å². The molecule has 0 saturated carbocycles. The molecule has 7 heteroatoms. The molecule has 29 heavy (non-hydrogen) atoms. The molecule has 0 atom stereocenters. The third-order valence-corrected chi connectivity index (χ3v) is 4.63. The maximum atomic E-state index is 13.9. The fourth-order valence-electron chi connectivity index (χ4n) is 2.96. The standard InChI is InChI=1S/C22H29ClFN3O2/c1-6-16(13-20(24)15(2)25)17-11-18(23)14-19(12-17)26-7-9-27(10-8-26)21(28)29-22(3,4)5/h6,11-14H,2,7-10,25H2,1,3-5H3/b16-6+,20-13+. The van der Waals surface area contributed by atoms with Crippen molar-refractivity contribution in [1.29, 1.82) is 0 Å². The van der Waals surface area contributed by atoms with Gasteiger partial charge in [-0.25, -0.2) is 9.18 Å². The van der Waals surface area contributed by atoms with Crippen LogP contribution in [-0.4, -0.2) is 42.8 Å². The molecule has 0 bridgehead atoms. The molecule has 0 spiro atoms. The third-order valence-electron chi connectivity index (χ3n) is 4.41. The van der Waals surface area contributed by atoms with Crippen LogP contribution < -0.4 is 10.6 Å². The molecular formula is C22H29ClFN3O2. The first-order valence-electron chi connectivity index (χ1n) is 9.52. The van der Waals surface area contributed by atoms with Gasteiger partial charge in [-0.15, -0.1) is 0 Å². The van der Waals surface area contributed by atoms with Crippen molar-refractivity contribution in [3.63, 3.8) is 0 Å². The molecule has 1 heterocycles. The fourth-order valence-corrected chi connectivity index (χ4v) is 3.19. The average Bonchev–Trinajstić information content (AvgIpc) is 2.64. The van der Waals surface area contributed by atoms with Crippen LogP contribution in [0, 0.1) is 0 Å². The van der Waals surface area contributed by atoms with Crippen molar-refractivity contribution in [3.8, 4) is 0 Å². The number of piperazine rings is 1. The lowest BCUT2D eigenvalue weighted by Crippen LogP contribution is -2.50. The van der Waals surface area contributed by atoms with E-state index in [0.717, 1.165) is 11.3 Å². The van der Waals surface area contributed by atoms with Crippen LogP contribution in [0.2, 0.25) is 5.02 Å². The molecule has 1 aromatic carbocycles. The van der Waals surface area contributed by atoms with Gasteiger partial charge in [0.05, 0.1) is 5.70 Å². The lowest BCUT2D eigenvalue weighted by Gasteiger charge is -2.37. The van der Waals surface area contributed by atoms with E-state index in [-0.39, 0.29) is 11.8 Å². The van der Waals surface area contributed by atoms with E-state index in [1.165, 1.54) is 6.08 Å². The minimum Gasteiger partial charge on any atom is -0.444 e. The van der Waals surface area contributed by atoms with Crippen molar-refractivity contribution in [3.05, 3.63) is 59.0 Å². The first kappa shape index (κ1) is 22.8. The van der Waals surface area contributed by atoms with Crippen molar-refractivity contribution in [2.45, 2.75) is 33.3 Å². The Hall–Kier alpha value is -2.47. The zero-order chi connectivity index (χ0) is 21.8. The van der Waals surface area contributed by atoms with E-state index in [0.29, 0.717) is 36.8 Å². The second-order valence-corrected chi connectivity index (χ2v) is 8.35. The summed E-state index contributed by atoms with van der Waals surface area (Å²) in [6.45, 7) is 13.2. The molecule has 0 aromatic heterocycles. The van der Waals surface area contributed by atoms with Crippen molar-refractivity contribution in [2.24, 2.45) is 5.73 Å². The number of benzene rings is 1. The summed E-state index contributed by atoms with van der Waals surface area (Å²) < 4.78 is 19.4. The van der Waals surface area contributed by atoms with Crippen LogP contribution in [0.5, 0.6) is 0 Å². The molecule has 1 aliphatic rings. The van der Waals surface area contributed by atoms with Gasteiger partial charge in [0.1, 0.15) is 11.4 Å². The summed E-state index contributed by atoms with van der Waals surface area (Å²) in [5.74, 6) is -0.578. The molecule has 5 nitrogen and oxygen atoms in total. The summed E-state index contributed by atoms with van der Waals surface area (Å²) in [6, 6.07) is 5.59. The van der Waals surface area contributed by atoms with Crippen LogP contribution in [0.4, 0.5) is 14.9 Å². The van der Waals surface area contributed by atoms with Gasteiger partial charge in [0.2, 0.25) is 0 Å². The Labute approximate surface area is 177 Å². The highest BCUT2D eigenvalue weighted by Gasteiger charge is 2.26. The number of allylic oxidation sites excluding steroid dienone is 4. The van der Waals surface area contributed by atoms with Gasteiger partial charge < -0.3 is 20.3 Å². The second kappa shape index (κ2) is 9.35. The smallest absolute Gasteiger partial charge is 0.410 e. The number of nitrogens with two attached hydrogens (primary N) is 1. The summed E-state index contributed by atoms with van der Waals surface area (Å²) in [4.78, 5) is 16.1.